The number of likely N-dealkylation sites (tertiary alicyclic amines) is 1. The van der Waals surface area contributed by atoms with E-state index < -0.39 is 58.9 Å². The summed E-state index contributed by atoms with van der Waals surface area (Å²) in [6, 6.07) is 8.64. The number of hydrogen-bond acceptors (Lipinski definition) is 8. The number of carbonyl (C=O) groups excluding carboxylic acids is 4. The van der Waals surface area contributed by atoms with Crippen LogP contribution in [0.15, 0.2) is 59.2 Å². The maximum atomic E-state index is 14.7. The van der Waals surface area contributed by atoms with E-state index in [0.29, 0.717) is 5.56 Å². The number of carbonyl (C=O) groups is 4. The summed E-state index contributed by atoms with van der Waals surface area (Å²) in [6.07, 6.45) is -2.30. The molecule has 2 atom stereocenters. The summed E-state index contributed by atoms with van der Waals surface area (Å²) in [4.78, 5) is 60.5. The molecule has 1 aliphatic heterocycles. The van der Waals surface area contributed by atoms with Crippen LogP contribution in [0.25, 0.3) is 0 Å². The topological polar surface area (TPSA) is 124 Å². The summed E-state index contributed by atoms with van der Waals surface area (Å²) >= 11 is 0. The molecule has 0 radical (unpaired) electrons. The molecular weight excluding hydrogens is 559 g/mol. The molecule has 3 rings (SSSR count). The van der Waals surface area contributed by atoms with Crippen molar-refractivity contribution in [2.24, 2.45) is 10.9 Å². The molecule has 10 nitrogen and oxygen atoms in total. The number of aliphatic imine (C=N–C) groups is 1. The van der Waals surface area contributed by atoms with E-state index in [0.717, 1.165) is 0 Å². The van der Waals surface area contributed by atoms with Crippen LogP contribution in [0, 0.1) is 5.92 Å². The van der Waals surface area contributed by atoms with Crippen molar-refractivity contribution in [1.82, 2.24) is 10.2 Å². The number of esters is 2. The first-order valence-corrected chi connectivity index (χ1v) is 13.3. The lowest BCUT2D eigenvalue weighted by Gasteiger charge is -2.43. The highest BCUT2D eigenvalue weighted by atomic mass is 19.4. The summed E-state index contributed by atoms with van der Waals surface area (Å²) in [6.45, 7) is 6.43. The molecule has 1 aliphatic carbocycles. The van der Waals surface area contributed by atoms with Crippen molar-refractivity contribution in [2.45, 2.75) is 70.4 Å². The summed E-state index contributed by atoms with van der Waals surface area (Å²) in [5.41, 5.74) is -6.41. The fraction of sp³-hybridized carbons (Fsp3) is 0.483. The van der Waals surface area contributed by atoms with E-state index in [4.69, 9.17) is 14.2 Å². The van der Waals surface area contributed by atoms with E-state index >= 15 is 0 Å². The van der Waals surface area contributed by atoms with Gasteiger partial charge in [-0.25, -0.2) is 14.4 Å². The Labute approximate surface area is 241 Å². The third-order valence-corrected chi connectivity index (χ3v) is 6.55. The van der Waals surface area contributed by atoms with Gasteiger partial charge in [0.15, 0.2) is 5.54 Å². The normalized spacial score (nSPS) is 20.7. The lowest BCUT2D eigenvalue weighted by molar-refractivity contribution is -0.172. The Morgan fingerprint density at radius 2 is 1.67 bits per heavy atom. The molecule has 42 heavy (non-hydrogen) atoms. The number of alkyl halides is 3. The molecule has 0 aromatic heterocycles. The van der Waals surface area contributed by atoms with E-state index in [9.17, 15) is 32.3 Å². The van der Waals surface area contributed by atoms with E-state index in [-0.39, 0.29) is 31.9 Å². The van der Waals surface area contributed by atoms with Crippen LogP contribution >= 0.6 is 0 Å². The minimum atomic E-state index is -5.13. The van der Waals surface area contributed by atoms with Crippen molar-refractivity contribution < 1.29 is 46.6 Å². The standard InChI is InChI=1S/C29H34F3N3O7/c1-6-40-23(37)29(24(38)41-7-2,33-18-27(30,31)32)28(34-25(39)42-26(3,4)5)20-15-11-12-16-21(20)35(22(28)36)17-19-13-9-8-10-14-19/h8-14,16,18,20H,6-7,15,17H2,1-5H3,(H,34,39)/t20?,28-/m0/s1. The van der Waals surface area contributed by atoms with Crippen LogP contribution in [0.1, 0.15) is 46.6 Å². The van der Waals surface area contributed by atoms with Gasteiger partial charge >= 0.3 is 24.2 Å². The van der Waals surface area contributed by atoms with Crippen molar-refractivity contribution >= 4 is 30.2 Å². The van der Waals surface area contributed by atoms with Crippen LogP contribution < -0.4 is 5.32 Å². The van der Waals surface area contributed by atoms with Crippen LogP contribution in [0.3, 0.4) is 0 Å². The fourth-order valence-electron chi connectivity index (χ4n) is 5.06. The molecule has 13 heteroatoms. The zero-order chi connectivity index (χ0) is 31.3. The highest BCUT2D eigenvalue weighted by Gasteiger charge is 2.76. The number of hydrogen-bond donors (Lipinski definition) is 1. The molecule has 0 spiro atoms. The quantitative estimate of drug-likeness (QED) is 0.197. The van der Waals surface area contributed by atoms with Gasteiger partial charge in [0.25, 0.3) is 11.4 Å². The molecule has 2 amide bonds. The van der Waals surface area contributed by atoms with Gasteiger partial charge in [0.1, 0.15) is 11.8 Å². The molecule has 1 fully saturated rings. The van der Waals surface area contributed by atoms with Gasteiger partial charge < -0.3 is 24.4 Å². The van der Waals surface area contributed by atoms with Gasteiger partial charge in [-0.05, 0) is 52.7 Å². The number of amides is 2. The van der Waals surface area contributed by atoms with Gasteiger partial charge in [-0.2, -0.15) is 13.2 Å². The number of rotatable bonds is 9. The number of benzene rings is 1. The lowest BCUT2D eigenvalue weighted by atomic mass is 9.67. The second-order valence-electron chi connectivity index (χ2n) is 10.6. The minimum Gasteiger partial charge on any atom is -0.464 e. The Morgan fingerprint density at radius 1 is 1.07 bits per heavy atom. The predicted octanol–water partition coefficient (Wildman–Crippen LogP) is 4.25. The first kappa shape index (κ1) is 32.4. The largest absolute Gasteiger partial charge is 0.464 e. The zero-order valence-electron chi connectivity index (χ0n) is 24.0. The van der Waals surface area contributed by atoms with Gasteiger partial charge in [-0.15, -0.1) is 0 Å². The fourth-order valence-corrected chi connectivity index (χ4v) is 5.06. The second-order valence-corrected chi connectivity index (χ2v) is 10.6. The Hall–Kier alpha value is -4.16. The second kappa shape index (κ2) is 12.4. The van der Waals surface area contributed by atoms with E-state index in [2.05, 4.69) is 10.3 Å². The van der Waals surface area contributed by atoms with Gasteiger partial charge in [0, 0.05) is 11.6 Å². The van der Waals surface area contributed by atoms with Crippen molar-refractivity contribution in [2.75, 3.05) is 13.2 Å². The van der Waals surface area contributed by atoms with E-state index in [1.54, 1.807) is 42.5 Å². The molecule has 1 N–H and O–H groups in total. The molecule has 0 saturated carbocycles. The molecule has 2 aliphatic rings. The number of fused-ring (bicyclic) bond motifs is 1. The van der Waals surface area contributed by atoms with Gasteiger partial charge in [-0.1, -0.05) is 42.5 Å². The number of alkyl carbamates (subject to hydrolysis) is 1. The van der Waals surface area contributed by atoms with Crippen molar-refractivity contribution in [3.63, 3.8) is 0 Å². The number of halogens is 3. The Balaban J connectivity index is 2.43. The maximum Gasteiger partial charge on any atom is 0.426 e. The van der Waals surface area contributed by atoms with Crippen molar-refractivity contribution in [1.29, 1.82) is 0 Å². The Bertz CT molecular complexity index is 1270. The number of ether oxygens (including phenoxy) is 3. The van der Waals surface area contributed by atoms with Crippen LogP contribution in [0.2, 0.25) is 0 Å². The summed E-state index contributed by atoms with van der Waals surface area (Å²) in [5, 5.41) is 2.36. The Morgan fingerprint density at radius 3 is 2.19 bits per heavy atom. The first-order chi connectivity index (χ1) is 19.6. The van der Waals surface area contributed by atoms with Crippen LogP contribution in [0.5, 0.6) is 0 Å². The maximum absolute atomic E-state index is 14.7. The summed E-state index contributed by atoms with van der Waals surface area (Å²) < 4.78 is 56.7. The third kappa shape index (κ3) is 6.34. The molecule has 228 valence electrons. The van der Waals surface area contributed by atoms with Crippen molar-refractivity contribution in [3.8, 4) is 0 Å². The molecule has 1 heterocycles. The number of nitrogens with one attached hydrogen (secondary N) is 1. The van der Waals surface area contributed by atoms with Gasteiger partial charge in [0.05, 0.1) is 19.8 Å². The van der Waals surface area contributed by atoms with E-state index in [1.807, 2.05) is 0 Å². The summed E-state index contributed by atoms with van der Waals surface area (Å²) in [5.74, 6) is -5.55. The molecule has 1 aromatic carbocycles. The zero-order valence-corrected chi connectivity index (χ0v) is 24.0. The number of allylic oxidation sites excluding steroid dienone is 3. The highest BCUT2D eigenvalue weighted by molar-refractivity contribution is 6.16. The first-order valence-electron chi connectivity index (χ1n) is 13.3. The molecule has 1 unspecified atom stereocenters. The molecular formula is C29H34F3N3O7. The number of nitrogens with zero attached hydrogens (tertiary/aromatic N) is 2. The summed E-state index contributed by atoms with van der Waals surface area (Å²) in [7, 11) is 0. The van der Waals surface area contributed by atoms with Gasteiger partial charge in [-0.3, -0.25) is 9.79 Å². The SMILES string of the molecule is CCOC(=O)C(N=CC(F)(F)F)(C(=O)OCC)[C@@]1(NC(=O)OC(C)(C)C)C(=O)N(Cc2ccccc2)C2=CC=CCC21. The van der Waals surface area contributed by atoms with Crippen LogP contribution in [0.4, 0.5) is 18.0 Å². The molecule has 1 aromatic rings. The Kier molecular flexibility index (Phi) is 9.53. The average Bonchev–Trinajstić information content (AvgIpc) is 3.12. The average molecular weight is 594 g/mol. The molecule has 1 saturated heterocycles. The van der Waals surface area contributed by atoms with E-state index in [1.165, 1.54) is 45.6 Å². The van der Waals surface area contributed by atoms with Crippen LogP contribution in [-0.2, 0) is 35.1 Å². The highest BCUT2D eigenvalue weighted by Crippen LogP contribution is 2.50. The monoisotopic (exact) mass is 593 g/mol. The smallest absolute Gasteiger partial charge is 0.426 e. The molecule has 0 bridgehead atoms. The minimum absolute atomic E-state index is 0.0687. The van der Waals surface area contributed by atoms with Crippen molar-refractivity contribution in [3.05, 3.63) is 59.8 Å². The van der Waals surface area contributed by atoms with Gasteiger partial charge in [0.2, 0.25) is 0 Å². The predicted molar refractivity (Wildman–Crippen MR) is 145 cm³/mol. The lowest BCUT2D eigenvalue weighted by Crippen LogP contribution is -2.76. The third-order valence-electron chi connectivity index (χ3n) is 6.55. The van der Waals surface area contributed by atoms with Crippen LogP contribution in [-0.4, -0.2) is 71.1 Å².